The fourth-order valence-electron chi connectivity index (χ4n) is 1.50. The number of benzene rings is 2. The van der Waals surface area contributed by atoms with Crippen LogP contribution in [0.4, 0.5) is 11.4 Å². The third kappa shape index (κ3) is 2.97. The van der Waals surface area contributed by atoms with Gasteiger partial charge in [-0.05, 0) is 52.3 Å². The first-order valence-corrected chi connectivity index (χ1v) is 6.15. The third-order valence-electron chi connectivity index (χ3n) is 2.48. The number of anilines is 2. The molecular formula is C13H11BrN2O3. The summed E-state index contributed by atoms with van der Waals surface area (Å²) in [6, 6.07) is 8.88. The number of carbonyl (C=O) groups is 1. The number of nitrogens with two attached hydrogens (primary N) is 1. The van der Waals surface area contributed by atoms with E-state index in [2.05, 4.69) is 21.2 Å². The molecule has 0 heterocycles. The quantitative estimate of drug-likeness (QED) is 0.505. The van der Waals surface area contributed by atoms with Crippen LogP contribution in [0.1, 0.15) is 10.4 Å². The molecule has 0 bridgehead atoms. The summed E-state index contributed by atoms with van der Waals surface area (Å²) in [5.74, 6) is -1.04. The van der Waals surface area contributed by atoms with Crippen LogP contribution in [0.3, 0.4) is 0 Å². The molecule has 19 heavy (non-hydrogen) atoms. The standard InChI is InChI=1S/C13H11BrN2O3/c14-9-3-2-8(15)6-10(9)16-13(19)7-1-4-11(17)12(18)5-7/h1-6,17-18H,15H2,(H,16,19). The maximum absolute atomic E-state index is 12.0. The third-order valence-corrected chi connectivity index (χ3v) is 3.17. The lowest BCUT2D eigenvalue weighted by Gasteiger charge is -2.09. The number of nitrogen functional groups attached to an aromatic ring is 1. The Morgan fingerprint density at radius 2 is 1.84 bits per heavy atom. The molecular weight excluding hydrogens is 312 g/mol. The molecule has 0 aliphatic rings. The highest BCUT2D eigenvalue weighted by Crippen LogP contribution is 2.27. The van der Waals surface area contributed by atoms with E-state index in [1.807, 2.05) is 0 Å². The van der Waals surface area contributed by atoms with Crippen LogP contribution in [0.5, 0.6) is 11.5 Å². The molecule has 98 valence electrons. The monoisotopic (exact) mass is 322 g/mol. The van der Waals surface area contributed by atoms with Crippen molar-refractivity contribution < 1.29 is 15.0 Å². The summed E-state index contributed by atoms with van der Waals surface area (Å²) in [6.07, 6.45) is 0. The van der Waals surface area contributed by atoms with Gasteiger partial charge in [-0.1, -0.05) is 0 Å². The second-order valence-electron chi connectivity index (χ2n) is 3.90. The molecule has 0 aliphatic heterocycles. The minimum absolute atomic E-state index is 0.227. The second-order valence-corrected chi connectivity index (χ2v) is 4.75. The van der Waals surface area contributed by atoms with E-state index in [9.17, 15) is 15.0 Å². The van der Waals surface area contributed by atoms with Crippen LogP contribution >= 0.6 is 15.9 Å². The van der Waals surface area contributed by atoms with Crippen molar-refractivity contribution in [3.8, 4) is 11.5 Å². The van der Waals surface area contributed by atoms with Gasteiger partial charge < -0.3 is 21.3 Å². The zero-order valence-electron chi connectivity index (χ0n) is 9.72. The van der Waals surface area contributed by atoms with E-state index < -0.39 is 5.91 Å². The van der Waals surface area contributed by atoms with E-state index in [4.69, 9.17) is 5.73 Å². The number of amides is 1. The summed E-state index contributed by atoms with van der Waals surface area (Å²) >= 11 is 3.30. The number of nitrogens with one attached hydrogen (secondary N) is 1. The van der Waals surface area contributed by atoms with Crippen molar-refractivity contribution in [1.29, 1.82) is 0 Å². The highest BCUT2D eigenvalue weighted by molar-refractivity contribution is 9.10. The lowest BCUT2D eigenvalue weighted by molar-refractivity contribution is 0.102. The lowest BCUT2D eigenvalue weighted by atomic mass is 10.2. The summed E-state index contributed by atoms with van der Waals surface area (Å²) in [5, 5.41) is 21.2. The van der Waals surface area contributed by atoms with Gasteiger partial charge in [0.15, 0.2) is 11.5 Å². The number of phenols is 2. The second kappa shape index (κ2) is 5.19. The Morgan fingerprint density at radius 1 is 1.11 bits per heavy atom. The average molecular weight is 323 g/mol. The molecule has 0 aliphatic carbocycles. The van der Waals surface area contributed by atoms with Crippen molar-refractivity contribution in [2.75, 3.05) is 11.1 Å². The van der Waals surface area contributed by atoms with E-state index in [1.54, 1.807) is 18.2 Å². The predicted octanol–water partition coefficient (Wildman–Crippen LogP) is 2.69. The molecule has 2 rings (SSSR count). The molecule has 2 aromatic carbocycles. The molecule has 1 amide bonds. The molecule has 0 saturated carbocycles. The van der Waals surface area contributed by atoms with E-state index in [1.165, 1.54) is 18.2 Å². The number of hydrogen-bond acceptors (Lipinski definition) is 4. The van der Waals surface area contributed by atoms with Crippen molar-refractivity contribution in [1.82, 2.24) is 0 Å². The SMILES string of the molecule is Nc1ccc(Br)c(NC(=O)c2ccc(O)c(O)c2)c1. The number of hydrogen-bond donors (Lipinski definition) is 4. The predicted molar refractivity (Wildman–Crippen MR) is 76.3 cm³/mol. The zero-order valence-corrected chi connectivity index (χ0v) is 11.3. The molecule has 0 fully saturated rings. The molecule has 0 aromatic heterocycles. The van der Waals surface area contributed by atoms with Gasteiger partial charge >= 0.3 is 0 Å². The Balaban J connectivity index is 2.25. The van der Waals surface area contributed by atoms with Crippen LogP contribution in [0, 0.1) is 0 Å². The fourth-order valence-corrected chi connectivity index (χ4v) is 1.84. The Bertz CT molecular complexity index is 644. The highest BCUT2D eigenvalue weighted by atomic mass is 79.9. The molecule has 0 saturated heterocycles. The molecule has 5 N–H and O–H groups in total. The van der Waals surface area contributed by atoms with Gasteiger partial charge in [-0.25, -0.2) is 0 Å². The molecule has 0 atom stereocenters. The van der Waals surface area contributed by atoms with Crippen molar-refractivity contribution in [2.45, 2.75) is 0 Å². The van der Waals surface area contributed by atoms with Crippen LogP contribution in [0.25, 0.3) is 0 Å². The maximum atomic E-state index is 12.0. The summed E-state index contributed by atoms with van der Waals surface area (Å²) in [6.45, 7) is 0. The van der Waals surface area contributed by atoms with Gasteiger partial charge in [-0.15, -0.1) is 0 Å². The van der Waals surface area contributed by atoms with Gasteiger partial charge in [0.1, 0.15) is 0 Å². The Kier molecular flexibility index (Phi) is 3.62. The Labute approximate surface area is 117 Å². The first-order chi connectivity index (χ1) is 8.97. The Morgan fingerprint density at radius 3 is 2.53 bits per heavy atom. The summed E-state index contributed by atoms with van der Waals surface area (Å²) < 4.78 is 0.693. The van der Waals surface area contributed by atoms with Crippen LogP contribution in [0.2, 0.25) is 0 Å². The average Bonchev–Trinajstić information content (AvgIpc) is 2.37. The van der Waals surface area contributed by atoms with E-state index in [0.717, 1.165) is 0 Å². The van der Waals surface area contributed by atoms with Gasteiger partial charge in [0.2, 0.25) is 0 Å². The summed E-state index contributed by atoms with van der Waals surface area (Å²) in [7, 11) is 0. The van der Waals surface area contributed by atoms with Gasteiger partial charge in [0, 0.05) is 15.7 Å². The Hall–Kier alpha value is -2.21. The number of carbonyl (C=O) groups excluding carboxylic acids is 1. The summed E-state index contributed by atoms with van der Waals surface area (Å²) in [5.41, 5.74) is 6.91. The van der Waals surface area contributed by atoms with Crippen LogP contribution in [-0.2, 0) is 0 Å². The lowest BCUT2D eigenvalue weighted by Crippen LogP contribution is -2.12. The van der Waals surface area contributed by atoms with Crippen LogP contribution < -0.4 is 11.1 Å². The number of halogens is 1. The summed E-state index contributed by atoms with van der Waals surface area (Å²) in [4.78, 5) is 12.0. The minimum Gasteiger partial charge on any atom is -0.504 e. The maximum Gasteiger partial charge on any atom is 0.255 e. The molecule has 2 aromatic rings. The van der Waals surface area contributed by atoms with Crippen molar-refractivity contribution >= 4 is 33.2 Å². The first kappa shape index (κ1) is 13.2. The van der Waals surface area contributed by atoms with E-state index in [0.29, 0.717) is 15.8 Å². The normalized spacial score (nSPS) is 10.2. The minimum atomic E-state index is -0.415. The zero-order chi connectivity index (χ0) is 14.0. The van der Waals surface area contributed by atoms with Crippen molar-refractivity contribution in [3.63, 3.8) is 0 Å². The largest absolute Gasteiger partial charge is 0.504 e. The van der Waals surface area contributed by atoms with Crippen molar-refractivity contribution in [3.05, 3.63) is 46.4 Å². The fraction of sp³-hybridized carbons (Fsp3) is 0. The highest BCUT2D eigenvalue weighted by Gasteiger charge is 2.10. The van der Waals surface area contributed by atoms with E-state index >= 15 is 0 Å². The van der Waals surface area contributed by atoms with Crippen LogP contribution in [0.15, 0.2) is 40.9 Å². The molecule has 0 radical (unpaired) electrons. The molecule has 0 unspecified atom stereocenters. The van der Waals surface area contributed by atoms with Gasteiger partial charge in [-0.3, -0.25) is 4.79 Å². The van der Waals surface area contributed by atoms with E-state index in [-0.39, 0.29) is 17.1 Å². The number of rotatable bonds is 2. The first-order valence-electron chi connectivity index (χ1n) is 5.36. The van der Waals surface area contributed by atoms with Gasteiger partial charge in [-0.2, -0.15) is 0 Å². The van der Waals surface area contributed by atoms with Crippen molar-refractivity contribution in [2.24, 2.45) is 0 Å². The van der Waals surface area contributed by atoms with Gasteiger partial charge in [0.25, 0.3) is 5.91 Å². The molecule has 0 spiro atoms. The topological polar surface area (TPSA) is 95.6 Å². The molecule has 5 nitrogen and oxygen atoms in total. The molecule has 6 heteroatoms. The number of phenolic OH excluding ortho intramolecular Hbond substituents is 2. The van der Waals surface area contributed by atoms with Gasteiger partial charge in [0.05, 0.1) is 5.69 Å². The smallest absolute Gasteiger partial charge is 0.255 e. The number of aromatic hydroxyl groups is 2. The van der Waals surface area contributed by atoms with Crippen LogP contribution in [-0.4, -0.2) is 16.1 Å².